The largest absolute Gasteiger partial charge is 0.388 e. The summed E-state index contributed by atoms with van der Waals surface area (Å²) in [6.07, 6.45) is 9.32. The van der Waals surface area contributed by atoms with Crippen molar-refractivity contribution in [2.24, 2.45) is 29.2 Å². The van der Waals surface area contributed by atoms with Gasteiger partial charge in [-0.1, -0.05) is 57.0 Å². The number of hydrogen-bond donors (Lipinski definition) is 4. The first-order valence-electron chi connectivity index (χ1n) is 18.8. The van der Waals surface area contributed by atoms with Crippen molar-refractivity contribution in [1.82, 2.24) is 0 Å². The van der Waals surface area contributed by atoms with E-state index in [4.69, 9.17) is 20.9 Å². The van der Waals surface area contributed by atoms with Gasteiger partial charge in [-0.25, -0.2) is 0 Å². The molecule has 1 aliphatic rings. The van der Waals surface area contributed by atoms with Gasteiger partial charge in [0, 0.05) is 38.8 Å². The second kappa shape index (κ2) is 21.6. The van der Waals surface area contributed by atoms with Gasteiger partial charge in [-0.05, 0) is 119 Å². The maximum absolute atomic E-state index is 13.5. The Balaban J connectivity index is 1.74. The molecule has 1 aliphatic carbocycles. The zero-order valence-corrected chi connectivity index (χ0v) is 30.6. The van der Waals surface area contributed by atoms with E-state index < -0.39 is 12.1 Å². The first-order valence-corrected chi connectivity index (χ1v) is 18.8. The van der Waals surface area contributed by atoms with Gasteiger partial charge in [0.1, 0.15) is 0 Å². The van der Waals surface area contributed by atoms with Crippen LogP contribution in [0.25, 0.3) is 0 Å². The molecule has 8 nitrogen and oxygen atoms in total. The Bertz CT molecular complexity index is 1210. The molecule has 5 atom stereocenters. The minimum atomic E-state index is -0.729. The average molecular weight is 667 g/mol. The van der Waals surface area contributed by atoms with E-state index in [0.717, 1.165) is 82.5 Å². The molecule has 0 bridgehead atoms. The van der Waals surface area contributed by atoms with Crippen molar-refractivity contribution in [3.05, 3.63) is 59.2 Å². The van der Waals surface area contributed by atoms with Crippen LogP contribution in [0.4, 0.5) is 11.4 Å². The molecule has 0 radical (unpaired) electrons. The molecule has 3 rings (SSSR count). The van der Waals surface area contributed by atoms with Crippen molar-refractivity contribution in [3.63, 3.8) is 0 Å². The first kappa shape index (κ1) is 39.9. The molecule has 5 unspecified atom stereocenters. The lowest BCUT2D eigenvalue weighted by Gasteiger charge is -2.29. The second-order valence-electron chi connectivity index (χ2n) is 14.1. The van der Waals surface area contributed by atoms with Gasteiger partial charge >= 0.3 is 0 Å². The maximum Gasteiger partial charge on any atom is 0.241 e. The SMILES string of the molecule is CCCN(CCCc1ccccc1C)c1ccc(C(O)C(CN)CCCCC(C)COCC)cc1NC(=O)C(N)CCOC(C)C1CC1. The maximum atomic E-state index is 13.5. The van der Waals surface area contributed by atoms with E-state index >= 15 is 0 Å². The number of hydrogen-bond acceptors (Lipinski definition) is 7. The number of aliphatic hydroxyl groups excluding tert-OH is 1. The molecule has 8 heteroatoms. The predicted octanol–water partition coefficient (Wildman–Crippen LogP) is 7.16. The summed E-state index contributed by atoms with van der Waals surface area (Å²) < 4.78 is 11.5. The summed E-state index contributed by atoms with van der Waals surface area (Å²) in [5, 5.41) is 14.7. The number of rotatable bonds is 25. The highest BCUT2D eigenvalue weighted by atomic mass is 16.5. The normalized spacial score (nSPS) is 16.2. The van der Waals surface area contributed by atoms with Gasteiger partial charge in [0.2, 0.25) is 5.91 Å². The number of nitrogens with one attached hydrogen (secondary N) is 1. The van der Waals surface area contributed by atoms with Gasteiger partial charge < -0.3 is 36.3 Å². The number of carbonyl (C=O) groups is 1. The summed E-state index contributed by atoms with van der Waals surface area (Å²) in [7, 11) is 0. The molecule has 48 heavy (non-hydrogen) atoms. The van der Waals surface area contributed by atoms with Gasteiger partial charge in [-0.2, -0.15) is 0 Å². The summed E-state index contributed by atoms with van der Waals surface area (Å²) >= 11 is 0. The highest BCUT2D eigenvalue weighted by Gasteiger charge is 2.29. The number of anilines is 2. The minimum absolute atomic E-state index is 0.0738. The van der Waals surface area contributed by atoms with Crippen molar-refractivity contribution >= 4 is 17.3 Å². The fraction of sp³-hybridized carbons (Fsp3) is 0.675. The molecule has 0 saturated heterocycles. The molecule has 1 saturated carbocycles. The predicted molar refractivity (Wildman–Crippen MR) is 199 cm³/mol. The van der Waals surface area contributed by atoms with Crippen molar-refractivity contribution in [2.75, 3.05) is 49.7 Å². The van der Waals surface area contributed by atoms with Crippen LogP contribution in [0.3, 0.4) is 0 Å². The van der Waals surface area contributed by atoms with Crippen molar-refractivity contribution in [1.29, 1.82) is 0 Å². The van der Waals surface area contributed by atoms with Crippen LogP contribution < -0.4 is 21.7 Å². The smallest absolute Gasteiger partial charge is 0.241 e. The number of carbonyl (C=O) groups excluding carboxylic acids is 1. The molecular weight excluding hydrogens is 600 g/mol. The summed E-state index contributed by atoms with van der Waals surface area (Å²) in [5.41, 5.74) is 17.7. The zero-order chi connectivity index (χ0) is 34.9. The highest BCUT2D eigenvalue weighted by Crippen LogP contribution is 2.35. The number of benzene rings is 2. The summed E-state index contributed by atoms with van der Waals surface area (Å²) in [6, 6.07) is 13.8. The van der Waals surface area contributed by atoms with Gasteiger partial charge in [0.15, 0.2) is 0 Å². The molecule has 6 N–H and O–H groups in total. The molecular formula is C40H66N4O4. The van der Waals surface area contributed by atoms with Crippen LogP contribution in [0.15, 0.2) is 42.5 Å². The van der Waals surface area contributed by atoms with E-state index in [1.54, 1.807) is 0 Å². The van der Waals surface area contributed by atoms with E-state index in [9.17, 15) is 9.90 Å². The lowest BCUT2D eigenvalue weighted by atomic mass is 9.89. The number of nitrogens with two attached hydrogens (primary N) is 2. The summed E-state index contributed by atoms with van der Waals surface area (Å²) in [6.45, 7) is 14.8. The Labute approximate surface area is 291 Å². The molecule has 1 amide bonds. The van der Waals surface area contributed by atoms with Crippen LogP contribution in [-0.2, 0) is 20.7 Å². The molecule has 0 spiro atoms. The minimum Gasteiger partial charge on any atom is -0.388 e. The number of nitrogens with zero attached hydrogens (tertiary/aromatic N) is 1. The van der Waals surface area contributed by atoms with Crippen LogP contribution in [0.1, 0.15) is 108 Å². The monoisotopic (exact) mass is 667 g/mol. The molecule has 270 valence electrons. The van der Waals surface area contributed by atoms with Crippen LogP contribution >= 0.6 is 0 Å². The van der Waals surface area contributed by atoms with Gasteiger partial charge in [0.25, 0.3) is 0 Å². The summed E-state index contributed by atoms with van der Waals surface area (Å²) in [4.78, 5) is 15.8. The third-order valence-electron chi connectivity index (χ3n) is 9.90. The van der Waals surface area contributed by atoms with Crippen molar-refractivity contribution in [3.8, 4) is 0 Å². The number of aliphatic hydroxyl groups is 1. The Morgan fingerprint density at radius 1 is 1.04 bits per heavy atom. The topological polar surface area (TPSA) is 123 Å². The molecule has 1 fully saturated rings. The zero-order valence-electron chi connectivity index (χ0n) is 30.6. The summed E-state index contributed by atoms with van der Waals surface area (Å²) in [5.74, 6) is 0.851. The fourth-order valence-electron chi connectivity index (χ4n) is 6.50. The Kier molecular flexibility index (Phi) is 17.9. The number of aryl methyl sites for hydroxylation is 2. The van der Waals surface area contributed by atoms with E-state index in [0.29, 0.717) is 37.1 Å². The van der Waals surface area contributed by atoms with Crippen LogP contribution in [-0.4, -0.2) is 62.6 Å². The molecule has 0 aromatic heterocycles. The Hall–Kier alpha value is -2.49. The first-order chi connectivity index (χ1) is 23.2. The quantitative estimate of drug-likeness (QED) is 0.0830. The number of amides is 1. The van der Waals surface area contributed by atoms with Gasteiger partial charge in [-0.3, -0.25) is 4.79 Å². The lowest BCUT2D eigenvalue weighted by Crippen LogP contribution is -2.37. The van der Waals surface area contributed by atoms with Gasteiger partial charge in [-0.15, -0.1) is 0 Å². The van der Waals surface area contributed by atoms with Crippen LogP contribution in [0.5, 0.6) is 0 Å². The standard InChI is InChI=1S/C40H66N4O4/c1-6-23-44(24-12-17-32-15-11-9-14-30(32)4)38-21-20-34(39(45)35(27-41)16-10-8-13-29(3)28-47-7-2)26-37(38)43-40(46)36(42)22-25-48-31(5)33-18-19-33/h9,11,14-15,20-21,26,29,31,33,35-36,39,45H,6-8,10,12-13,16-19,22-25,27-28,41-42H2,1-5H3,(H,43,46). The van der Waals surface area contributed by atoms with E-state index in [-0.39, 0.29) is 17.9 Å². The van der Waals surface area contributed by atoms with Crippen molar-refractivity contribution < 1.29 is 19.4 Å². The molecule has 2 aromatic carbocycles. The fourth-order valence-corrected chi connectivity index (χ4v) is 6.50. The molecule has 0 heterocycles. The van der Waals surface area contributed by atoms with Crippen LogP contribution in [0, 0.1) is 24.7 Å². The lowest BCUT2D eigenvalue weighted by molar-refractivity contribution is -0.118. The van der Waals surface area contributed by atoms with E-state index in [2.05, 4.69) is 62.2 Å². The number of unbranched alkanes of at least 4 members (excludes halogenated alkanes) is 1. The second-order valence-corrected chi connectivity index (χ2v) is 14.1. The Morgan fingerprint density at radius 3 is 2.48 bits per heavy atom. The number of ether oxygens (including phenoxy) is 2. The van der Waals surface area contributed by atoms with Crippen LogP contribution in [0.2, 0.25) is 0 Å². The van der Waals surface area contributed by atoms with E-state index in [1.807, 2.05) is 25.1 Å². The highest BCUT2D eigenvalue weighted by molar-refractivity contribution is 5.97. The van der Waals surface area contributed by atoms with Gasteiger partial charge in [0.05, 0.1) is 29.6 Å². The van der Waals surface area contributed by atoms with Crippen molar-refractivity contribution in [2.45, 2.75) is 117 Å². The average Bonchev–Trinajstić information content (AvgIpc) is 3.93. The third kappa shape index (κ3) is 13.4. The van der Waals surface area contributed by atoms with E-state index in [1.165, 1.54) is 24.0 Å². The molecule has 2 aromatic rings. The molecule has 0 aliphatic heterocycles. The Morgan fingerprint density at radius 2 is 1.79 bits per heavy atom. The third-order valence-corrected chi connectivity index (χ3v) is 9.90.